The van der Waals surface area contributed by atoms with Gasteiger partial charge in [0.15, 0.2) is 0 Å². The topological polar surface area (TPSA) is 32.3 Å². The van der Waals surface area contributed by atoms with Crippen LogP contribution >= 0.6 is 0 Å². The maximum absolute atomic E-state index is 10.8. The molecule has 0 saturated carbocycles. The zero-order valence-corrected chi connectivity index (χ0v) is 5.85. The maximum Gasteiger partial charge on any atom is 0.317 e. The number of urea groups is 1. The molecule has 1 heterocycles. The molecule has 0 aromatic carbocycles. The number of nitrogens with one attached hydrogen (secondary N) is 1. The Hall–Kier alpha value is -0.730. The molecule has 3 heteroatoms. The van der Waals surface area contributed by atoms with E-state index in [1.54, 1.807) is 4.90 Å². The predicted octanol–water partition coefficient (Wildman–Crippen LogP) is 0.420. The molecule has 1 aliphatic heterocycles. The average molecular weight is 128 g/mol. The van der Waals surface area contributed by atoms with E-state index in [1.807, 2.05) is 7.05 Å². The Morgan fingerprint density at radius 2 is 2.56 bits per heavy atom. The van der Waals surface area contributed by atoms with E-state index in [0.717, 1.165) is 13.0 Å². The first kappa shape index (κ1) is 6.39. The summed E-state index contributed by atoms with van der Waals surface area (Å²) in [6.45, 7) is 2.90. The Labute approximate surface area is 55.0 Å². The van der Waals surface area contributed by atoms with E-state index in [4.69, 9.17) is 0 Å². The minimum atomic E-state index is 0.0573. The predicted molar refractivity (Wildman–Crippen MR) is 35.2 cm³/mol. The van der Waals surface area contributed by atoms with Crippen molar-refractivity contribution in [2.24, 2.45) is 0 Å². The Bertz CT molecular complexity index is 124. The van der Waals surface area contributed by atoms with Gasteiger partial charge in [-0.25, -0.2) is 4.79 Å². The molecule has 1 saturated heterocycles. The van der Waals surface area contributed by atoms with Crippen LogP contribution in [0, 0.1) is 0 Å². The first-order chi connectivity index (χ1) is 4.25. The number of hydrogen-bond acceptors (Lipinski definition) is 1. The molecule has 9 heavy (non-hydrogen) atoms. The molecular formula is C6H12N2O. The van der Waals surface area contributed by atoms with Crippen LogP contribution < -0.4 is 5.32 Å². The van der Waals surface area contributed by atoms with Gasteiger partial charge in [-0.1, -0.05) is 6.92 Å². The summed E-state index contributed by atoms with van der Waals surface area (Å²) in [4.78, 5) is 12.5. The van der Waals surface area contributed by atoms with E-state index in [1.165, 1.54) is 0 Å². The van der Waals surface area contributed by atoms with Crippen LogP contribution in [0.15, 0.2) is 0 Å². The molecule has 52 valence electrons. The first-order valence-electron chi connectivity index (χ1n) is 3.26. The van der Waals surface area contributed by atoms with Gasteiger partial charge in [-0.05, 0) is 6.42 Å². The van der Waals surface area contributed by atoms with Crippen molar-refractivity contribution in [2.75, 3.05) is 13.6 Å². The summed E-state index contributed by atoms with van der Waals surface area (Å²) in [5.74, 6) is 0. The highest BCUT2D eigenvalue weighted by atomic mass is 16.2. The number of rotatable bonds is 1. The molecule has 0 bridgehead atoms. The highest BCUT2D eigenvalue weighted by Gasteiger charge is 2.24. The van der Waals surface area contributed by atoms with Crippen molar-refractivity contribution in [3.63, 3.8) is 0 Å². The van der Waals surface area contributed by atoms with Crippen LogP contribution in [0.4, 0.5) is 4.79 Å². The number of carbonyl (C=O) groups is 1. The van der Waals surface area contributed by atoms with Crippen molar-refractivity contribution in [2.45, 2.75) is 19.4 Å². The molecule has 0 spiro atoms. The number of carbonyl (C=O) groups excluding carboxylic acids is 1. The largest absolute Gasteiger partial charge is 0.336 e. The Balaban J connectivity index is 2.51. The van der Waals surface area contributed by atoms with Crippen molar-refractivity contribution in [3.05, 3.63) is 0 Å². The lowest BCUT2D eigenvalue weighted by molar-refractivity contribution is 0.215. The normalized spacial score (nSPS) is 26.7. The second kappa shape index (κ2) is 2.25. The molecule has 0 aromatic rings. The van der Waals surface area contributed by atoms with E-state index in [9.17, 15) is 4.79 Å². The number of likely N-dealkylation sites (N-methyl/N-ethyl adjacent to an activating group) is 1. The summed E-state index contributed by atoms with van der Waals surface area (Å²) in [5, 5.41) is 2.76. The standard InChI is InChI=1S/C6H12N2O/c1-3-5-4-7-6(9)8(5)2/h5H,3-4H2,1-2H3,(H,7,9). The lowest BCUT2D eigenvalue weighted by atomic mass is 10.2. The Morgan fingerprint density at radius 1 is 1.89 bits per heavy atom. The lowest BCUT2D eigenvalue weighted by Crippen LogP contribution is -2.29. The smallest absolute Gasteiger partial charge is 0.317 e. The van der Waals surface area contributed by atoms with Crippen LogP contribution in [0.5, 0.6) is 0 Å². The van der Waals surface area contributed by atoms with Gasteiger partial charge in [0.25, 0.3) is 0 Å². The SMILES string of the molecule is CCC1CNC(=O)N1C. The van der Waals surface area contributed by atoms with Crippen molar-refractivity contribution in [1.29, 1.82) is 0 Å². The minimum absolute atomic E-state index is 0.0573. The molecule has 0 aliphatic carbocycles. The fraction of sp³-hybridized carbons (Fsp3) is 0.833. The number of hydrogen-bond donors (Lipinski definition) is 1. The van der Waals surface area contributed by atoms with E-state index in [-0.39, 0.29) is 6.03 Å². The first-order valence-corrected chi connectivity index (χ1v) is 3.26. The summed E-state index contributed by atoms with van der Waals surface area (Å²) in [5.41, 5.74) is 0. The third kappa shape index (κ3) is 0.992. The maximum atomic E-state index is 10.8. The molecule has 3 nitrogen and oxygen atoms in total. The molecule has 0 radical (unpaired) electrons. The van der Waals surface area contributed by atoms with Crippen LogP contribution in [0.1, 0.15) is 13.3 Å². The zero-order chi connectivity index (χ0) is 6.85. The molecule has 1 fully saturated rings. The van der Waals surface area contributed by atoms with Crippen LogP contribution in [0.2, 0.25) is 0 Å². The molecule has 2 amide bonds. The molecule has 1 unspecified atom stereocenters. The summed E-state index contributed by atoms with van der Waals surface area (Å²) in [6, 6.07) is 0.472. The number of nitrogens with zero attached hydrogens (tertiary/aromatic N) is 1. The summed E-state index contributed by atoms with van der Waals surface area (Å²) < 4.78 is 0. The zero-order valence-electron chi connectivity index (χ0n) is 5.85. The van der Waals surface area contributed by atoms with Crippen LogP contribution in [0.3, 0.4) is 0 Å². The van der Waals surface area contributed by atoms with Crippen LogP contribution in [0.25, 0.3) is 0 Å². The number of amides is 2. The quantitative estimate of drug-likeness (QED) is 0.545. The van der Waals surface area contributed by atoms with Gasteiger partial charge in [0.1, 0.15) is 0 Å². The van der Waals surface area contributed by atoms with Gasteiger partial charge in [0.05, 0.1) is 6.04 Å². The monoisotopic (exact) mass is 128 g/mol. The van der Waals surface area contributed by atoms with Crippen molar-refractivity contribution in [1.82, 2.24) is 10.2 Å². The van der Waals surface area contributed by atoms with Crippen molar-refractivity contribution in [3.8, 4) is 0 Å². The average Bonchev–Trinajstić information content (AvgIpc) is 2.15. The molecule has 1 N–H and O–H groups in total. The van der Waals surface area contributed by atoms with E-state index < -0.39 is 0 Å². The molecule has 1 rings (SSSR count). The molecule has 0 aromatic heterocycles. The minimum Gasteiger partial charge on any atom is -0.336 e. The highest BCUT2D eigenvalue weighted by Crippen LogP contribution is 2.05. The van der Waals surface area contributed by atoms with Crippen LogP contribution in [-0.2, 0) is 0 Å². The van der Waals surface area contributed by atoms with Crippen LogP contribution in [-0.4, -0.2) is 30.6 Å². The third-order valence-corrected chi connectivity index (χ3v) is 1.83. The Kier molecular flexibility index (Phi) is 1.60. The van der Waals surface area contributed by atoms with Gasteiger partial charge in [0, 0.05) is 13.6 Å². The fourth-order valence-electron chi connectivity index (χ4n) is 1.05. The van der Waals surface area contributed by atoms with E-state index in [2.05, 4.69) is 12.2 Å². The molecular weight excluding hydrogens is 116 g/mol. The molecule has 1 atom stereocenters. The summed E-state index contributed by atoms with van der Waals surface area (Å²) in [7, 11) is 1.83. The van der Waals surface area contributed by atoms with E-state index in [0.29, 0.717) is 6.04 Å². The fourth-order valence-corrected chi connectivity index (χ4v) is 1.05. The van der Waals surface area contributed by atoms with Crippen molar-refractivity contribution < 1.29 is 4.79 Å². The third-order valence-electron chi connectivity index (χ3n) is 1.83. The Morgan fingerprint density at radius 3 is 2.78 bits per heavy atom. The molecule has 1 aliphatic rings. The summed E-state index contributed by atoms with van der Waals surface area (Å²) in [6.07, 6.45) is 1.04. The second-order valence-corrected chi connectivity index (χ2v) is 2.36. The van der Waals surface area contributed by atoms with Gasteiger partial charge in [0.2, 0.25) is 0 Å². The van der Waals surface area contributed by atoms with Gasteiger partial charge < -0.3 is 10.2 Å². The van der Waals surface area contributed by atoms with Gasteiger partial charge >= 0.3 is 6.03 Å². The van der Waals surface area contributed by atoms with Gasteiger partial charge in [-0.15, -0.1) is 0 Å². The summed E-state index contributed by atoms with van der Waals surface area (Å²) >= 11 is 0. The second-order valence-electron chi connectivity index (χ2n) is 2.36. The highest BCUT2D eigenvalue weighted by molar-refractivity contribution is 5.76. The van der Waals surface area contributed by atoms with Crippen molar-refractivity contribution >= 4 is 6.03 Å². The van der Waals surface area contributed by atoms with Gasteiger partial charge in [-0.2, -0.15) is 0 Å². The lowest BCUT2D eigenvalue weighted by Gasteiger charge is -2.14. The van der Waals surface area contributed by atoms with E-state index >= 15 is 0 Å². The van der Waals surface area contributed by atoms with Gasteiger partial charge in [-0.3, -0.25) is 0 Å².